The van der Waals surface area contributed by atoms with Crippen molar-refractivity contribution in [3.63, 3.8) is 0 Å². The molecule has 1 saturated heterocycles. The normalized spacial score (nSPS) is 18.3. The molecule has 1 fully saturated rings. The Morgan fingerprint density at radius 3 is 2.59 bits per heavy atom. The van der Waals surface area contributed by atoms with Gasteiger partial charge >= 0.3 is 5.97 Å². The third kappa shape index (κ3) is 3.78. The number of hydrogen-bond acceptors (Lipinski definition) is 4. The van der Waals surface area contributed by atoms with Crippen molar-refractivity contribution in [3.8, 4) is 5.75 Å². The van der Waals surface area contributed by atoms with Gasteiger partial charge in [0.2, 0.25) is 0 Å². The number of phenols is 1. The lowest BCUT2D eigenvalue weighted by Crippen LogP contribution is -2.44. The van der Waals surface area contributed by atoms with E-state index in [0.717, 1.165) is 30.8 Å². The van der Waals surface area contributed by atoms with E-state index in [2.05, 4.69) is 4.90 Å². The molecule has 5 heteroatoms. The Morgan fingerprint density at radius 2 is 2.05 bits per heavy atom. The second-order valence-corrected chi connectivity index (χ2v) is 6.23. The second kappa shape index (κ2) is 7.11. The summed E-state index contributed by atoms with van der Waals surface area (Å²) in [5.74, 6) is -0.397. The van der Waals surface area contributed by atoms with E-state index in [4.69, 9.17) is 4.74 Å². The van der Waals surface area contributed by atoms with E-state index in [1.165, 1.54) is 0 Å². The van der Waals surface area contributed by atoms with Crippen LogP contribution in [0.15, 0.2) is 18.2 Å². The third-order valence-electron chi connectivity index (χ3n) is 4.73. The predicted octanol–water partition coefficient (Wildman–Crippen LogP) is 2.40. The van der Waals surface area contributed by atoms with E-state index >= 15 is 0 Å². The summed E-state index contributed by atoms with van der Waals surface area (Å²) in [6.07, 6.45) is 1.85. The molecule has 5 nitrogen and oxygen atoms in total. The van der Waals surface area contributed by atoms with E-state index in [9.17, 15) is 15.0 Å². The first kappa shape index (κ1) is 16.8. The van der Waals surface area contributed by atoms with Crippen LogP contribution >= 0.6 is 0 Å². The van der Waals surface area contributed by atoms with Crippen LogP contribution in [0.4, 0.5) is 0 Å². The minimum absolute atomic E-state index is 0.314. The third-order valence-corrected chi connectivity index (χ3v) is 4.73. The van der Waals surface area contributed by atoms with Crippen LogP contribution in [-0.2, 0) is 16.1 Å². The fraction of sp³-hybridized carbons (Fsp3) is 0.588. The van der Waals surface area contributed by atoms with Crippen molar-refractivity contribution < 1.29 is 19.7 Å². The fourth-order valence-corrected chi connectivity index (χ4v) is 3.02. The average Bonchev–Trinajstić information content (AvgIpc) is 2.50. The van der Waals surface area contributed by atoms with Gasteiger partial charge in [0, 0.05) is 20.3 Å². The number of methoxy groups -OCH3 is 1. The van der Waals surface area contributed by atoms with E-state index < -0.39 is 11.4 Å². The van der Waals surface area contributed by atoms with Gasteiger partial charge in [0.15, 0.2) is 0 Å². The van der Waals surface area contributed by atoms with Crippen LogP contribution < -0.4 is 0 Å². The van der Waals surface area contributed by atoms with Gasteiger partial charge in [-0.15, -0.1) is 0 Å². The van der Waals surface area contributed by atoms with Gasteiger partial charge in [0.25, 0.3) is 0 Å². The molecule has 2 rings (SSSR count). The lowest BCUT2D eigenvalue weighted by atomic mass is 9.76. The SMILES string of the molecule is COCCC1(C(=O)O)CCN(Cc2ccc(C)c(O)c2)CC1. The quantitative estimate of drug-likeness (QED) is 0.844. The minimum atomic E-state index is -0.711. The molecule has 1 heterocycles. The molecule has 0 atom stereocenters. The van der Waals surface area contributed by atoms with Crippen LogP contribution in [0.3, 0.4) is 0 Å². The molecule has 0 amide bonds. The van der Waals surface area contributed by atoms with Gasteiger partial charge in [-0.3, -0.25) is 9.69 Å². The maximum atomic E-state index is 11.6. The first-order chi connectivity index (χ1) is 10.5. The van der Waals surface area contributed by atoms with Gasteiger partial charge in [-0.1, -0.05) is 12.1 Å². The van der Waals surface area contributed by atoms with Gasteiger partial charge in [0.05, 0.1) is 5.41 Å². The molecule has 1 aromatic carbocycles. The Kier molecular flexibility index (Phi) is 5.42. The number of aliphatic carboxylic acids is 1. The summed E-state index contributed by atoms with van der Waals surface area (Å²) in [5, 5.41) is 19.3. The molecular weight excluding hydrogens is 282 g/mol. The minimum Gasteiger partial charge on any atom is -0.508 e. The maximum Gasteiger partial charge on any atom is 0.309 e. The van der Waals surface area contributed by atoms with Gasteiger partial charge in [-0.2, -0.15) is 0 Å². The molecule has 1 aliphatic rings. The number of carboxylic acids is 1. The Balaban J connectivity index is 1.95. The number of likely N-dealkylation sites (tertiary alicyclic amines) is 1. The zero-order chi connectivity index (χ0) is 16.2. The van der Waals surface area contributed by atoms with E-state index in [-0.39, 0.29) is 0 Å². The van der Waals surface area contributed by atoms with Crippen molar-refractivity contribution in [2.24, 2.45) is 5.41 Å². The standard InChI is InChI=1S/C17H25NO4/c1-13-3-4-14(11-15(13)19)12-18-8-5-17(6-9-18,16(20)21)7-10-22-2/h3-4,11,19H,5-10,12H2,1-2H3,(H,20,21). The number of phenolic OH excluding ortho intramolecular Hbond substituents is 1. The number of carboxylic acid groups (broad SMARTS) is 1. The highest BCUT2D eigenvalue weighted by molar-refractivity contribution is 5.74. The molecule has 0 unspecified atom stereocenters. The number of hydrogen-bond donors (Lipinski definition) is 2. The van der Waals surface area contributed by atoms with Crippen LogP contribution in [0.5, 0.6) is 5.75 Å². The number of piperidine rings is 1. The van der Waals surface area contributed by atoms with Crippen LogP contribution in [0.2, 0.25) is 0 Å². The highest BCUT2D eigenvalue weighted by Crippen LogP contribution is 2.36. The summed E-state index contributed by atoms with van der Waals surface area (Å²) in [6.45, 7) is 4.61. The molecule has 22 heavy (non-hydrogen) atoms. The van der Waals surface area contributed by atoms with Crippen molar-refractivity contribution in [2.45, 2.75) is 32.7 Å². The smallest absolute Gasteiger partial charge is 0.309 e. The number of nitrogens with zero attached hydrogens (tertiary/aromatic N) is 1. The summed E-state index contributed by atoms with van der Waals surface area (Å²) in [4.78, 5) is 13.9. The van der Waals surface area contributed by atoms with Crippen LogP contribution in [0.25, 0.3) is 0 Å². The zero-order valence-electron chi connectivity index (χ0n) is 13.3. The van der Waals surface area contributed by atoms with Crippen molar-refractivity contribution in [3.05, 3.63) is 29.3 Å². The fourth-order valence-electron chi connectivity index (χ4n) is 3.02. The van der Waals surface area contributed by atoms with Crippen molar-refractivity contribution in [2.75, 3.05) is 26.8 Å². The number of aromatic hydroxyl groups is 1. The lowest BCUT2D eigenvalue weighted by Gasteiger charge is -2.38. The molecule has 0 saturated carbocycles. The summed E-state index contributed by atoms with van der Waals surface area (Å²) in [5.41, 5.74) is 1.27. The highest BCUT2D eigenvalue weighted by atomic mass is 16.5. The predicted molar refractivity (Wildman–Crippen MR) is 83.9 cm³/mol. The Hall–Kier alpha value is -1.59. The molecule has 1 aromatic rings. The Morgan fingerprint density at radius 1 is 1.36 bits per heavy atom. The largest absolute Gasteiger partial charge is 0.508 e. The molecule has 0 aliphatic carbocycles. The number of ether oxygens (including phenoxy) is 1. The number of aryl methyl sites for hydroxylation is 1. The zero-order valence-corrected chi connectivity index (χ0v) is 13.3. The second-order valence-electron chi connectivity index (χ2n) is 6.23. The van der Waals surface area contributed by atoms with Crippen molar-refractivity contribution in [1.82, 2.24) is 4.90 Å². The Labute approximate surface area is 131 Å². The monoisotopic (exact) mass is 307 g/mol. The van der Waals surface area contributed by atoms with Gasteiger partial charge < -0.3 is 14.9 Å². The first-order valence-electron chi connectivity index (χ1n) is 7.70. The Bertz CT molecular complexity index is 521. The summed E-state index contributed by atoms with van der Waals surface area (Å²) >= 11 is 0. The molecule has 0 aromatic heterocycles. The average molecular weight is 307 g/mol. The van der Waals surface area contributed by atoms with E-state index in [1.54, 1.807) is 13.2 Å². The molecule has 0 radical (unpaired) electrons. The van der Waals surface area contributed by atoms with Crippen molar-refractivity contribution in [1.29, 1.82) is 0 Å². The number of rotatable bonds is 6. The maximum absolute atomic E-state index is 11.6. The van der Waals surface area contributed by atoms with E-state index in [0.29, 0.717) is 31.6 Å². The molecule has 0 bridgehead atoms. The molecule has 122 valence electrons. The highest BCUT2D eigenvalue weighted by Gasteiger charge is 2.40. The summed E-state index contributed by atoms with van der Waals surface area (Å²) in [6, 6.07) is 5.72. The first-order valence-corrected chi connectivity index (χ1v) is 7.70. The molecule has 0 spiro atoms. The summed E-state index contributed by atoms with van der Waals surface area (Å²) in [7, 11) is 1.61. The van der Waals surface area contributed by atoms with Crippen LogP contribution in [-0.4, -0.2) is 47.9 Å². The molecule has 2 N–H and O–H groups in total. The van der Waals surface area contributed by atoms with Crippen LogP contribution in [0.1, 0.15) is 30.4 Å². The number of benzene rings is 1. The van der Waals surface area contributed by atoms with Gasteiger partial charge in [-0.25, -0.2) is 0 Å². The van der Waals surface area contributed by atoms with E-state index in [1.807, 2.05) is 19.1 Å². The molecular formula is C17H25NO4. The lowest BCUT2D eigenvalue weighted by molar-refractivity contribution is -0.153. The molecule has 1 aliphatic heterocycles. The van der Waals surface area contributed by atoms with Gasteiger partial charge in [0.1, 0.15) is 5.75 Å². The topological polar surface area (TPSA) is 70.0 Å². The number of carbonyl (C=O) groups is 1. The van der Waals surface area contributed by atoms with Crippen molar-refractivity contribution >= 4 is 5.97 Å². The van der Waals surface area contributed by atoms with Crippen LogP contribution in [0, 0.1) is 12.3 Å². The van der Waals surface area contributed by atoms with Gasteiger partial charge in [-0.05, 0) is 56.5 Å². The summed E-state index contributed by atoms with van der Waals surface area (Å²) < 4.78 is 5.06.